The van der Waals surface area contributed by atoms with Crippen molar-refractivity contribution in [2.45, 2.75) is 326 Å². The van der Waals surface area contributed by atoms with E-state index in [4.69, 9.17) is 108 Å². The number of hydrogen-bond acceptors (Lipinski definition) is 40. The average molecular weight is 2220 g/mol. The molecule has 5 saturated heterocycles. The first-order valence-electron chi connectivity index (χ1n) is 49.1. The van der Waals surface area contributed by atoms with Gasteiger partial charge in [0, 0.05) is 160 Å². The summed E-state index contributed by atoms with van der Waals surface area (Å²) in [5, 5.41) is 153. The van der Waals surface area contributed by atoms with Gasteiger partial charge >= 0.3 is 65.4 Å². The van der Waals surface area contributed by atoms with Gasteiger partial charge in [0.15, 0.2) is 27.7 Å². The lowest BCUT2D eigenvalue weighted by Crippen LogP contribution is -2.63. The molecule has 10 fully saturated rings. The summed E-state index contributed by atoms with van der Waals surface area (Å²) in [6, 6.07) is -7.83. The van der Waals surface area contributed by atoms with E-state index in [9.17, 15) is 116 Å². The Morgan fingerprint density at radius 1 is 0.338 bits per heavy atom. The molecule has 5 saturated carbocycles. The first-order valence-corrected chi connectivity index (χ1v) is 56.2. The molecular formula is C78H156B5N25O35S5. The molecule has 5 heterocycles. The van der Waals surface area contributed by atoms with Crippen molar-refractivity contribution in [3.8, 4) is 0 Å². The van der Waals surface area contributed by atoms with Crippen molar-refractivity contribution >= 4 is 146 Å². The number of nitrogens with one attached hydrogen (secondary N) is 9. The Morgan fingerprint density at radius 2 is 0.527 bits per heavy atom. The van der Waals surface area contributed by atoms with Gasteiger partial charge in [-0.3, -0.25) is 24.0 Å². The van der Waals surface area contributed by atoms with Crippen molar-refractivity contribution in [2.24, 2.45) is 86.9 Å². The van der Waals surface area contributed by atoms with Crippen LogP contribution in [0.5, 0.6) is 0 Å². The van der Waals surface area contributed by atoms with E-state index < -0.39 is 313 Å². The molecule has 0 radical (unpaired) electrons. The molecule has 44 N–H and O–H groups in total. The summed E-state index contributed by atoms with van der Waals surface area (Å²) >= 11 is 0. The second kappa shape index (κ2) is 52.4. The Bertz CT molecular complexity index is 4940. The van der Waals surface area contributed by atoms with Crippen molar-refractivity contribution in [1.29, 1.82) is 0 Å². The molecule has 5 amide bonds. The SMILES string of the molecule is CCN([C@H](C)C1(N)CC1)S(=O)(=O)N1C[C@H](CCCB(O)O)[C@](NC(=O)[C@H](C)N)(C(=O)O)C1.C[C@H](N)C(=O)N[C@@]1(C(=O)O)CN(S(=O)(=O)N[C@@H](C)C2(N)CC2)C[C@@H]1CCCB(O)O.C[C@H](N)C(=O)N[C@@]1(C(=O)O)CN(S(=O)(=O)N[C@@H]2C[C@H]2N)C[C@@H]1CCCB(O)O.C[C@H](N)C(=O)N[C@@]1(C(=O)O)CN(S(=O)(=O)N[C@H](C)C2(N)CC2)C[C@@H]1CCCB(O)O.C[C@H](N)C(=O)N[C@@]1(C(=O)O)CN(S(=O)(=O)N[C@H]2C[C@@H]2N)C[C@@H]1CCCB(O)O. The maximum atomic E-state index is 13.5. The average Bonchev–Trinajstić information content (AvgIpc) is 1.58. The highest BCUT2D eigenvalue weighted by Gasteiger charge is 2.64. The van der Waals surface area contributed by atoms with Crippen molar-refractivity contribution in [1.82, 2.24) is 71.3 Å². The number of nitrogens with two attached hydrogens (primary N) is 10. The maximum absolute atomic E-state index is 13.5. The summed E-state index contributed by atoms with van der Waals surface area (Å²) in [6.45, 7) is 10.8. The summed E-state index contributed by atoms with van der Waals surface area (Å²) in [4.78, 5) is 122. The molecule has 5 aliphatic carbocycles. The summed E-state index contributed by atoms with van der Waals surface area (Å²) in [5.74, 6) is -14.4. The number of carboxylic acids is 5. The molecule has 10 rings (SSSR count). The number of carboxylic acid groups (broad SMARTS) is 5. The van der Waals surface area contributed by atoms with Gasteiger partial charge in [-0.1, -0.05) is 39.0 Å². The van der Waals surface area contributed by atoms with E-state index in [-0.39, 0.29) is 147 Å². The number of rotatable bonds is 54. The van der Waals surface area contributed by atoms with Crippen LogP contribution in [0, 0.1) is 29.6 Å². The van der Waals surface area contributed by atoms with Gasteiger partial charge in [0.05, 0.1) is 30.2 Å². The number of carbonyl (C=O) groups is 10. The molecule has 70 heteroatoms. The molecule has 0 aromatic carbocycles. The molecule has 5 aliphatic heterocycles. The minimum atomic E-state index is -4.09. The molecule has 0 spiro atoms. The van der Waals surface area contributed by atoms with Crippen LogP contribution in [-0.4, -0.2) is 427 Å². The third-order valence-corrected chi connectivity index (χ3v) is 37.6. The zero-order valence-electron chi connectivity index (χ0n) is 84.6. The third-order valence-electron chi connectivity index (χ3n) is 29.2. The highest BCUT2D eigenvalue weighted by atomic mass is 32.2. The molecule has 60 nitrogen and oxygen atoms in total. The van der Waals surface area contributed by atoms with Crippen LogP contribution in [0.15, 0.2) is 0 Å². The van der Waals surface area contributed by atoms with Gasteiger partial charge in [0.1, 0.15) is 0 Å². The Morgan fingerprint density at radius 3 is 0.696 bits per heavy atom. The van der Waals surface area contributed by atoms with Crippen molar-refractivity contribution in [2.75, 3.05) is 72.0 Å². The summed E-state index contributed by atoms with van der Waals surface area (Å²) in [5.41, 5.74) is 46.2. The van der Waals surface area contributed by atoms with E-state index in [1.54, 1.807) is 27.7 Å². The van der Waals surface area contributed by atoms with Gasteiger partial charge in [-0.15, -0.1) is 0 Å². The predicted molar refractivity (Wildman–Crippen MR) is 536 cm³/mol. The predicted octanol–water partition coefficient (Wildman–Crippen LogP) is -15.0. The number of hydrogen-bond donors (Lipinski definition) is 34. The quantitative estimate of drug-likeness (QED) is 0.0251. The van der Waals surface area contributed by atoms with E-state index >= 15 is 0 Å². The van der Waals surface area contributed by atoms with Gasteiger partial charge in [-0.2, -0.15) is 86.8 Å². The number of amides is 5. The van der Waals surface area contributed by atoms with Gasteiger partial charge in [-0.25, -0.2) is 24.0 Å². The van der Waals surface area contributed by atoms with Crippen LogP contribution in [0.4, 0.5) is 0 Å². The lowest BCUT2D eigenvalue weighted by Gasteiger charge is -2.35. The van der Waals surface area contributed by atoms with Crippen molar-refractivity contribution < 1.29 is 166 Å². The van der Waals surface area contributed by atoms with E-state index in [1.807, 2.05) is 0 Å². The zero-order valence-corrected chi connectivity index (χ0v) is 88.7. The van der Waals surface area contributed by atoms with Crippen LogP contribution in [0.3, 0.4) is 0 Å². The fourth-order valence-corrected chi connectivity index (χ4v) is 26.6. The first kappa shape index (κ1) is 130. The highest BCUT2D eigenvalue weighted by molar-refractivity contribution is 7.88. The molecular weight excluding hydrogens is 2060 g/mol. The van der Waals surface area contributed by atoms with Crippen LogP contribution in [-0.2, 0) is 99.0 Å². The molecule has 0 bridgehead atoms. The van der Waals surface area contributed by atoms with Crippen LogP contribution in [0.2, 0.25) is 31.6 Å². The minimum absolute atomic E-state index is 0.00460. The molecule has 148 heavy (non-hydrogen) atoms. The van der Waals surface area contributed by atoms with Gasteiger partial charge < -0.3 is 160 Å². The fourth-order valence-electron chi connectivity index (χ4n) is 18.4. The van der Waals surface area contributed by atoms with E-state index in [0.29, 0.717) is 51.4 Å². The van der Waals surface area contributed by atoms with Crippen LogP contribution in [0.25, 0.3) is 0 Å². The number of carbonyl (C=O) groups excluding carboxylic acids is 5. The molecule has 22 atom stereocenters. The number of aliphatic carboxylic acids is 5. The van der Waals surface area contributed by atoms with Crippen molar-refractivity contribution in [3.63, 3.8) is 0 Å². The fraction of sp³-hybridized carbons (Fsp3) is 0.872. The summed E-state index contributed by atoms with van der Waals surface area (Å²) in [7, 11) is -28.1. The lowest BCUT2D eigenvalue weighted by molar-refractivity contribution is -0.149. The topological polar surface area (TPSA) is 1030 Å². The van der Waals surface area contributed by atoms with Gasteiger partial charge in [0.2, 0.25) is 29.5 Å². The molecule has 848 valence electrons. The molecule has 10 aliphatic rings. The second-order valence-electron chi connectivity index (χ2n) is 41.3. The summed E-state index contributed by atoms with van der Waals surface area (Å²) in [6.07, 6.45) is 7.10. The Balaban J connectivity index is 0.000000283. The Kier molecular flexibility index (Phi) is 46.1. The van der Waals surface area contributed by atoms with E-state index in [0.717, 1.165) is 21.5 Å². The normalized spacial score (nSPS) is 29.1. The monoisotopic (exact) mass is 2220 g/mol. The van der Waals surface area contributed by atoms with Crippen LogP contribution >= 0.6 is 0 Å². The lowest BCUT2D eigenvalue weighted by atomic mass is 9.78. The smallest absolute Gasteiger partial charge is 0.451 e. The Labute approximate surface area is 863 Å². The largest absolute Gasteiger partial charge is 0.479 e. The molecule has 0 unspecified atom stereocenters. The molecule has 0 aromatic heterocycles. The number of nitrogens with zero attached hydrogens (tertiary/aromatic N) is 6. The standard InChI is InChI=1S/C18H36BN5O7S.2C16H32BN5O7S.2C14H28BN5O7S/c1-4-24(13(3)17(21)7-8-17)32(30,31)23-10-14(6-5-9-19(28)29)18(11-23,16(26)27)22-15(25)12(2)20;2*1-10(18)13(23)20-16(14(24)25)9-22(8-12(16)4-3-7-17(26)27)30(28,29)21-11(2)15(19)5-6-15;2*1-8(16)12(21)18-14(13(22)23)7-20(6-9(14)3-2-4-15(24)25)28(26,27)19-11-5-10(11)17/h12-14,28-29H,4-11,20-21H2,1-3H3,(H,22,25)(H,26,27);2*10-12,21,26-27H,3-9,18-19H2,1-2H3,(H,20,23)(H,24,25);2*8-11,19,24-25H,2-7,16-17H2,1H3,(H,18,21)(H,22,23)/t12-,13+,14-,18-;10-,11+,12-,16-;10-,11-,12-,16-;8-,9-,10+,11+,14-;8-,9-,10-,11-,14-/m00000/s1. The van der Waals surface area contributed by atoms with Gasteiger partial charge in [-0.05, 0) is 170 Å². The first-order chi connectivity index (χ1) is 67.9. The maximum Gasteiger partial charge on any atom is 0.451 e. The zero-order chi connectivity index (χ0) is 113. The van der Waals surface area contributed by atoms with Gasteiger partial charge in [0.25, 0.3) is 51.0 Å². The van der Waals surface area contributed by atoms with E-state index in [1.165, 1.54) is 38.9 Å². The third kappa shape index (κ3) is 34.0. The highest BCUT2D eigenvalue weighted by Crippen LogP contribution is 2.45. The minimum Gasteiger partial charge on any atom is -0.479 e. The Hall–Kier alpha value is -6.43. The van der Waals surface area contributed by atoms with Crippen LogP contribution < -0.4 is 103 Å². The second-order valence-corrected chi connectivity index (χ2v) is 50.0. The molecule has 0 aromatic rings. The van der Waals surface area contributed by atoms with Crippen LogP contribution in [0.1, 0.15) is 178 Å². The number of likely N-dealkylation sites (N-methyl/N-ethyl adjacent to an activating group) is 1. The summed E-state index contributed by atoms with van der Waals surface area (Å²) < 4.78 is 145. The van der Waals surface area contributed by atoms with E-state index in [2.05, 4.69) is 45.5 Å². The van der Waals surface area contributed by atoms with Crippen molar-refractivity contribution in [3.05, 3.63) is 0 Å².